The van der Waals surface area contributed by atoms with Crippen LogP contribution in [0.25, 0.3) is 0 Å². The van der Waals surface area contributed by atoms with E-state index in [4.69, 9.17) is 23.8 Å². The summed E-state index contributed by atoms with van der Waals surface area (Å²) in [6.07, 6.45) is 3.73. The number of nitrogens with one attached hydrogen (secondary N) is 2. The predicted molar refractivity (Wildman–Crippen MR) is 113 cm³/mol. The highest BCUT2D eigenvalue weighted by atomic mass is 35.5. The zero-order valence-corrected chi connectivity index (χ0v) is 15.9. The van der Waals surface area contributed by atoms with E-state index in [-0.39, 0.29) is 0 Å². The highest BCUT2D eigenvalue weighted by molar-refractivity contribution is 7.80. The van der Waals surface area contributed by atoms with Gasteiger partial charge in [-0.2, -0.15) is 5.10 Å². The zero-order valence-electron chi connectivity index (χ0n) is 14.3. The summed E-state index contributed by atoms with van der Waals surface area (Å²) < 4.78 is 2.07. The Bertz CT molecular complexity index is 933. The second-order valence-corrected chi connectivity index (χ2v) is 6.61. The van der Waals surface area contributed by atoms with E-state index in [1.165, 1.54) is 0 Å². The van der Waals surface area contributed by atoms with Crippen molar-refractivity contribution in [1.82, 2.24) is 9.99 Å². The highest BCUT2D eigenvalue weighted by Crippen LogP contribution is 2.17. The van der Waals surface area contributed by atoms with Crippen molar-refractivity contribution in [3.8, 4) is 0 Å². The third-order valence-electron chi connectivity index (χ3n) is 3.92. The van der Waals surface area contributed by atoms with Crippen molar-refractivity contribution < 1.29 is 0 Å². The molecule has 4 nitrogen and oxygen atoms in total. The van der Waals surface area contributed by atoms with Crippen LogP contribution in [0.5, 0.6) is 0 Å². The molecule has 0 aliphatic carbocycles. The number of thiocarbonyl (C=S) groups is 1. The monoisotopic (exact) mass is 382 g/mol. The summed E-state index contributed by atoms with van der Waals surface area (Å²) >= 11 is 11.5. The van der Waals surface area contributed by atoms with Crippen LogP contribution in [0.4, 0.5) is 5.69 Å². The van der Waals surface area contributed by atoms with Crippen LogP contribution in [-0.2, 0) is 6.54 Å². The van der Waals surface area contributed by atoms with Crippen molar-refractivity contribution in [2.75, 3.05) is 5.32 Å². The Morgan fingerprint density at radius 2 is 1.88 bits per heavy atom. The largest absolute Gasteiger partial charge is 0.342 e. The van der Waals surface area contributed by atoms with E-state index in [1.54, 1.807) is 6.21 Å². The van der Waals surface area contributed by atoms with Gasteiger partial charge in [-0.05, 0) is 54.5 Å². The van der Waals surface area contributed by atoms with Crippen LogP contribution in [-0.4, -0.2) is 15.9 Å². The maximum Gasteiger partial charge on any atom is 0.191 e. The normalized spacial score (nSPS) is 10.8. The maximum absolute atomic E-state index is 6.24. The van der Waals surface area contributed by atoms with Crippen molar-refractivity contribution in [2.24, 2.45) is 5.10 Å². The molecule has 0 amide bonds. The molecule has 0 spiro atoms. The molecule has 1 aromatic heterocycles. The molecule has 2 aromatic carbocycles. The second-order valence-electron chi connectivity index (χ2n) is 5.79. The molecule has 0 radical (unpaired) electrons. The molecule has 0 fully saturated rings. The minimum atomic E-state index is 0.444. The zero-order chi connectivity index (χ0) is 18.4. The number of hydrogen-bond acceptors (Lipinski definition) is 2. The molecule has 132 valence electrons. The lowest BCUT2D eigenvalue weighted by Crippen LogP contribution is -2.24. The van der Waals surface area contributed by atoms with Crippen LogP contribution < -0.4 is 10.7 Å². The maximum atomic E-state index is 6.24. The Balaban J connectivity index is 1.61. The minimum Gasteiger partial charge on any atom is -0.342 e. The third-order valence-corrected chi connectivity index (χ3v) is 4.48. The molecule has 1 heterocycles. The summed E-state index contributed by atoms with van der Waals surface area (Å²) in [4.78, 5) is 0. The fourth-order valence-electron chi connectivity index (χ4n) is 2.52. The Kier molecular flexibility index (Phi) is 6.04. The molecule has 0 bridgehead atoms. The van der Waals surface area contributed by atoms with Crippen molar-refractivity contribution >= 4 is 40.8 Å². The molecule has 0 saturated carbocycles. The molecular weight excluding hydrogens is 364 g/mol. The van der Waals surface area contributed by atoms with E-state index in [1.807, 2.05) is 73.8 Å². The first kappa shape index (κ1) is 18.2. The van der Waals surface area contributed by atoms with Crippen molar-refractivity contribution in [2.45, 2.75) is 13.5 Å². The van der Waals surface area contributed by atoms with Crippen LogP contribution in [0.2, 0.25) is 5.02 Å². The Morgan fingerprint density at radius 3 is 2.69 bits per heavy atom. The molecule has 0 aliphatic heterocycles. The van der Waals surface area contributed by atoms with Gasteiger partial charge in [0.25, 0.3) is 0 Å². The van der Waals surface area contributed by atoms with Crippen LogP contribution in [0, 0.1) is 6.92 Å². The molecule has 2 N–H and O–H groups in total. The first-order chi connectivity index (χ1) is 12.6. The predicted octanol–water partition coefficient (Wildman–Crippen LogP) is 4.82. The Hall–Kier alpha value is -2.63. The van der Waals surface area contributed by atoms with Crippen LogP contribution in [0.1, 0.15) is 16.8 Å². The molecule has 3 rings (SSSR count). The van der Waals surface area contributed by atoms with E-state index in [2.05, 4.69) is 20.4 Å². The van der Waals surface area contributed by atoms with Gasteiger partial charge >= 0.3 is 0 Å². The fourth-order valence-corrected chi connectivity index (χ4v) is 2.88. The number of anilines is 1. The number of para-hydroxylation sites is 1. The van der Waals surface area contributed by atoms with Gasteiger partial charge in [0.05, 0.1) is 11.9 Å². The smallest absolute Gasteiger partial charge is 0.191 e. The van der Waals surface area contributed by atoms with E-state index in [9.17, 15) is 0 Å². The van der Waals surface area contributed by atoms with Gasteiger partial charge in [-0.15, -0.1) is 0 Å². The molecule has 26 heavy (non-hydrogen) atoms. The number of aromatic nitrogens is 1. The van der Waals surface area contributed by atoms with Gasteiger partial charge in [-0.3, -0.25) is 5.43 Å². The standard InChI is InChI=1S/C20H19ClN4S/c1-15-7-2-5-11-19(15)23-20(26)24-22-13-17-9-6-12-25(17)14-16-8-3-4-10-18(16)21/h2-13H,14H2,1H3,(H2,23,24,26)/b22-13+. The Morgan fingerprint density at radius 1 is 1.12 bits per heavy atom. The topological polar surface area (TPSA) is 41.4 Å². The summed E-state index contributed by atoms with van der Waals surface area (Å²) in [5, 5.41) is 8.57. The fraction of sp³-hybridized carbons (Fsp3) is 0.100. The van der Waals surface area contributed by atoms with E-state index >= 15 is 0 Å². The van der Waals surface area contributed by atoms with Gasteiger partial charge in [-0.25, -0.2) is 0 Å². The van der Waals surface area contributed by atoms with Gasteiger partial charge in [0.2, 0.25) is 0 Å². The lowest BCUT2D eigenvalue weighted by molar-refractivity contribution is 0.799. The van der Waals surface area contributed by atoms with E-state index in [0.29, 0.717) is 11.7 Å². The van der Waals surface area contributed by atoms with Crippen molar-refractivity contribution in [3.05, 3.63) is 88.7 Å². The average molecular weight is 383 g/mol. The number of hydrogen-bond donors (Lipinski definition) is 2. The van der Waals surface area contributed by atoms with Gasteiger partial charge < -0.3 is 9.88 Å². The lowest BCUT2D eigenvalue weighted by atomic mass is 10.2. The molecule has 0 saturated heterocycles. The first-order valence-electron chi connectivity index (χ1n) is 8.18. The average Bonchev–Trinajstić information content (AvgIpc) is 3.06. The van der Waals surface area contributed by atoms with Crippen molar-refractivity contribution in [3.63, 3.8) is 0 Å². The summed E-state index contributed by atoms with van der Waals surface area (Å²) in [6, 6.07) is 19.7. The minimum absolute atomic E-state index is 0.444. The summed E-state index contributed by atoms with van der Waals surface area (Å²) in [5.41, 5.74) is 6.94. The highest BCUT2D eigenvalue weighted by Gasteiger charge is 2.03. The third kappa shape index (κ3) is 4.71. The molecule has 0 atom stereocenters. The lowest BCUT2D eigenvalue weighted by Gasteiger charge is -2.10. The van der Waals surface area contributed by atoms with Gasteiger partial charge in [0.1, 0.15) is 0 Å². The molecule has 3 aromatic rings. The van der Waals surface area contributed by atoms with Gasteiger partial charge in [0, 0.05) is 23.5 Å². The SMILES string of the molecule is Cc1ccccc1NC(=S)N/N=C/c1cccn1Cc1ccccc1Cl. The molecule has 6 heteroatoms. The van der Waals surface area contributed by atoms with Gasteiger partial charge in [0.15, 0.2) is 5.11 Å². The van der Waals surface area contributed by atoms with E-state index in [0.717, 1.165) is 27.5 Å². The van der Waals surface area contributed by atoms with E-state index < -0.39 is 0 Å². The molecule has 0 aliphatic rings. The second kappa shape index (κ2) is 8.65. The Labute approximate surface area is 163 Å². The molecular formula is C20H19ClN4S. The van der Waals surface area contributed by atoms with Crippen LogP contribution >= 0.6 is 23.8 Å². The number of rotatable bonds is 5. The number of nitrogens with zero attached hydrogens (tertiary/aromatic N) is 2. The summed E-state index contributed by atoms with van der Waals surface area (Å²) in [7, 11) is 0. The van der Waals surface area contributed by atoms with Crippen molar-refractivity contribution in [1.29, 1.82) is 0 Å². The number of benzene rings is 2. The number of aryl methyl sites for hydroxylation is 1. The number of hydrazone groups is 1. The first-order valence-corrected chi connectivity index (χ1v) is 8.96. The summed E-state index contributed by atoms with van der Waals surface area (Å²) in [5.74, 6) is 0. The van der Waals surface area contributed by atoms with Crippen LogP contribution in [0.15, 0.2) is 72.0 Å². The van der Waals surface area contributed by atoms with Crippen LogP contribution in [0.3, 0.4) is 0 Å². The summed E-state index contributed by atoms with van der Waals surface area (Å²) in [6.45, 7) is 2.70. The van der Waals surface area contributed by atoms with Gasteiger partial charge in [-0.1, -0.05) is 48.0 Å². The quantitative estimate of drug-likeness (QED) is 0.377. The molecule has 0 unspecified atom stereocenters. The number of halogens is 1.